The number of rotatable bonds is 9. The van der Waals surface area contributed by atoms with Crippen LogP contribution in [0.3, 0.4) is 0 Å². The number of hydrogen-bond acceptors (Lipinski definition) is 9. The van der Waals surface area contributed by atoms with Crippen LogP contribution < -0.4 is 9.04 Å². The highest BCUT2D eigenvalue weighted by atomic mass is 32.2. The molecular formula is C17H19F2N5O4S2. The number of nitrogens with zero attached hydrogens (tertiary/aromatic N) is 5. The maximum atomic E-state index is 12.7. The van der Waals surface area contributed by atoms with Gasteiger partial charge in [0.25, 0.3) is 11.8 Å². The van der Waals surface area contributed by atoms with Crippen molar-refractivity contribution in [3.05, 3.63) is 35.6 Å². The topological polar surface area (TPSA) is 111 Å². The summed E-state index contributed by atoms with van der Waals surface area (Å²) in [4.78, 5) is 8.60. The number of thiazole rings is 1. The molecule has 3 aromatic rings. The van der Waals surface area contributed by atoms with Crippen LogP contribution in [0, 0.1) is 0 Å². The van der Waals surface area contributed by atoms with E-state index in [2.05, 4.69) is 20.2 Å². The number of hydrogen-bond donors (Lipinski definition) is 0. The van der Waals surface area contributed by atoms with Crippen LogP contribution in [-0.4, -0.2) is 40.4 Å². The zero-order valence-electron chi connectivity index (χ0n) is 16.3. The lowest BCUT2D eigenvalue weighted by Gasteiger charge is -2.23. The Morgan fingerprint density at radius 2 is 2.00 bits per heavy atom. The fraction of sp³-hybridized carbons (Fsp3) is 0.412. The van der Waals surface area contributed by atoms with E-state index >= 15 is 0 Å². The van der Waals surface area contributed by atoms with Crippen LogP contribution in [0.4, 0.5) is 14.5 Å². The Morgan fingerprint density at radius 3 is 2.63 bits per heavy atom. The van der Waals surface area contributed by atoms with Crippen LogP contribution in [0.2, 0.25) is 0 Å². The number of halogens is 2. The summed E-state index contributed by atoms with van der Waals surface area (Å²) in [5.74, 6) is -0.595. The van der Waals surface area contributed by atoms with Gasteiger partial charge in [0.1, 0.15) is 15.6 Å². The molecule has 0 aliphatic heterocycles. The molecule has 0 spiro atoms. The van der Waals surface area contributed by atoms with E-state index in [1.807, 2.05) is 13.8 Å². The van der Waals surface area contributed by atoms with Crippen LogP contribution >= 0.6 is 11.3 Å². The van der Waals surface area contributed by atoms with Crippen LogP contribution in [0.25, 0.3) is 10.8 Å². The number of alkyl halides is 2. The van der Waals surface area contributed by atoms with E-state index in [-0.39, 0.29) is 24.3 Å². The molecule has 0 atom stereocenters. The van der Waals surface area contributed by atoms with Crippen molar-refractivity contribution in [3.8, 4) is 16.5 Å². The van der Waals surface area contributed by atoms with Gasteiger partial charge in [0, 0.05) is 6.07 Å². The van der Waals surface area contributed by atoms with Crippen molar-refractivity contribution in [1.29, 1.82) is 0 Å². The maximum absolute atomic E-state index is 12.7. The van der Waals surface area contributed by atoms with Crippen molar-refractivity contribution in [2.45, 2.75) is 39.8 Å². The van der Waals surface area contributed by atoms with Gasteiger partial charge in [-0.25, -0.2) is 13.4 Å². The average molecular weight is 460 g/mol. The van der Waals surface area contributed by atoms with Crippen molar-refractivity contribution >= 4 is 27.0 Å². The van der Waals surface area contributed by atoms with Crippen molar-refractivity contribution in [1.82, 2.24) is 20.2 Å². The predicted molar refractivity (Wildman–Crippen MR) is 106 cm³/mol. The molecule has 3 aromatic heterocycles. The number of anilines is 1. The summed E-state index contributed by atoms with van der Waals surface area (Å²) in [6.45, 7) is 5.15. The molecule has 0 amide bonds. The van der Waals surface area contributed by atoms with Gasteiger partial charge in [-0.2, -0.15) is 8.78 Å². The van der Waals surface area contributed by atoms with E-state index in [9.17, 15) is 17.2 Å². The van der Waals surface area contributed by atoms with Gasteiger partial charge >= 0.3 is 6.43 Å². The summed E-state index contributed by atoms with van der Waals surface area (Å²) in [7, 11) is -3.67. The molecule has 3 heterocycles. The van der Waals surface area contributed by atoms with Crippen LogP contribution in [0.1, 0.15) is 38.1 Å². The Labute approximate surface area is 175 Å². The van der Waals surface area contributed by atoms with Gasteiger partial charge in [-0.05, 0) is 20.8 Å². The van der Waals surface area contributed by atoms with E-state index < -0.39 is 22.3 Å². The number of aromatic nitrogens is 4. The quantitative estimate of drug-likeness (QED) is 0.477. The largest absolute Gasteiger partial charge is 0.489 e. The highest BCUT2D eigenvalue weighted by Crippen LogP contribution is 2.30. The minimum atomic E-state index is -3.67. The Bertz CT molecular complexity index is 1100. The minimum absolute atomic E-state index is 0.0799. The van der Waals surface area contributed by atoms with E-state index in [1.54, 1.807) is 6.07 Å². The van der Waals surface area contributed by atoms with Crippen LogP contribution in [0.5, 0.6) is 5.75 Å². The van der Waals surface area contributed by atoms with Gasteiger partial charge in [0.05, 0.1) is 42.7 Å². The molecule has 0 bridgehead atoms. The predicted octanol–water partition coefficient (Wildman–Crippen LogP) is 3.67. The normalized spacial score (nSPS) is 12.0. The zero-order chi connectivity index (χ0) is 21.9. The molecule has 30 heavy (non-hydrogen) atoms. The van der Waals surface area contributed by atoms with Crippen LogP contribution in [0.15, 0.2) is 29.1 Å². The van der Waals surface area contributed by atoms with Crippen LogP contribution in [-0.2, 0) is 16.6 Å². The summed E-state index contributed by atoms with van der Waals surface area (Å²) in [5, 5.41) is 7.27. The Kier molecular flexibility index (Phi) is 6.61. The Morgan fingerprint density at radius 1 is 1.23 bits per heavy atom. The standard InChI is InChI=1S/C17H19F2N5O4S2/c1-4-30(25,26)24(11-5-12(7-20-6-11)27-10(2)3)9-14-21-8-13(29-14)16-22-23-17(28-16)15(18)19/h5-8,10,15H,4,9H2,1-3H3. The smallest absolute Gasteiger partial charge is 0.314 e. The molecule has 13 heteroatoms. The fourth-order valence-corrected chi connectivity index (χ4v) is 4.38. The third kappa shape index (κ3) is 5.08. The second kappa shape index (κ2) is 9.00. The van der Waals surface area contributed by atoms with Crippen molar-refractivity contribution < 1.29 is 26.4 Å². The van der Waals surface area contributed by atoms with Gasteiger partial charge in [-0.15, -0.1) is 21.5 Å². The molecule has 0 unspecified atom stereocenters. The molecule has 0 fully saturated rings. The molecule has 0 N–H and O–H groups in total. The van der Waals surface area contributed by atoms with Crippen molar-refractivity contribution in [2.24, 2.45) is 0 Å². The monoisotopic (exact) mass is 459 g/mol. The lowest BCUT2D eigenvalue weighted by atomic mass is 10.4. The summed E-state index contributed by atoms with van der Waals surface area (Å²) in [5.41, 5.74) is 0.324. The van der Waals surface area contributed by atoms with Gasteiger partial charge in [0.15, 0.2) is 0 Å². The second-order valence-electron chi connectivity index (χ2n) is 6.32. The van der Waals surface area contributed by atoms with Crippen molar-refractivity contribution in [3.63, 3.8) is 0 Å². The minimum Gasteiger partial charge on any atom is -0.489 e. The third-order valence-corrected chi connectivity index (χ3v) is 6.44. The lowest BCUT2D eigenvalue weighted by molar-refractivity contribution is 0.116. The SMILES string of the molecule is CCS(=O)(=O)N(Cc1ncc(-c2nnc(C(F)F)o2)s1)c1cncc(OC(C)C)c1. The number of pyridine rings is 1. The molecule has 0 aliphatic rings. The molecule has 162 valence electrons. The summed E-state index contributed by atoms with van der Waals surface area (Å²) < 4.78 is 62.4. The maximum Gasteiger partial charge on any atom is 0.314 e. The van der Waals surface area contributed by atoms with Crippen molar-refractivity contribution in [2.75, 3.05) is 10.1 Å². The van der Waals surface area contributed by atoms with Gasteiger partial charge in [0.2, 0.25) is 10.0 Å². The Hall–Kier alpha value is -2.67. The highest BCUT2D eigenvalue weighted by molar-refractivity contribution is 7.92. The molecule has 3 rings (SSSR count). The molecule has 9 nitrogen and oxygen atoms in total. The van der Waals surface area contributed by atoms with E-state index in [1.165, 1.54) is 29.8 Å². The third-order valence-electron chi connectivity index (χ3n) is 3.73. The lowest BCUT2D eigenvalue weighted by Crippen LogP contribution is -2.32. The Balaban J connectivity index is 1.89. The summed E-state index contributed by atoms with van der Waals surface area (Å²) in [6.07, 6.45) is 1.31. The molecule has 0 radical (unpaired) electrons. The number of ether oxygens (including phenoxy) is 1. The first-order chi connectivity index (χ1) is 14.2. The molecule has 0 saturated heterocycles. The zero-order valence-corrected chi connectivity index (χ0v) is 18.0. The number of sulfonamides is 1. The molecule has 0 aliphatic carbocycles. The summed E-state index contributed by atoms with van der Waals surface area (Å²) >= 11 is 1.07. The first kappa shape index (κ1) is 22.0. The fourth-order valence-electron chi connectivity index (χ4n) is 2.41. The average Bonchev–Trinajstić information content (AvgIpc) is 3.35. The second-order valence-corrected chi connectivity index (χ2v) is 9.61. The first-order valence-corrected chi connectivity index (χ1v) is 11.3. The first-order valence-electron chi connectivity index (χ1n) is 8.88. The molecule has 0 saturated carbocycles. The van der Waals surface area contributed by atoms with E-state index in [0.29, 0.717) is 21.3 Å². The van der Waals surface area contributed by atoms with E-state index in [0.717, 1.165) is 11.3 Å². The molecule has 0 aromatic carbocycles. The molecular weight excluding hydrogens is 440 g/mol. The van der Waals surface area contributed by atoms with Gasteiger partial charge in [-0.1, -0.05) is 0 Å². The van der Waals surface area contributed by atoms with Gasteiger partial charge < -0.3 is 9.15 Å². The van der Waals surface area contributed by atoms with Gasteiger partial charge in [-0.3, -0.25) is 9.29 Å². The highest BCUT2D eigenvalue weighted by Gasteiger charge is 2.24. The van der Waals surface area contributed by atoms with E-state index in [4.69, 9.17) is 9.15 Å². The summed E-state index contributed by atoms with van der Waals surface area (Å²) in [6, 6.07) is 1.58.